The molecule has 2 N–H and O–H groups in total. The van der Waals surface area contributed by atoms with Gasteiger partial charge in [-0.25, -0.2) is 0 Å². The number of rotatable bonds is 3. The summed E-state index contributed by atoms with van der Waals surface area (Å²) >= 11 is 0. The van der Waals surface area contributed by atoms with Gasteiger partial charge in [0.2, 0.25) is 5.91 Å². The van der Waals surface area contributed by atoms with E-state index in [-0.39, 0.29) is 24.2 Å². The normalized spacial score (nSPS) is 24.7. The molecule has 2 unspecified atom stereocenters. The second-order valence-corrected chi connectivity index (χ2v) is 5.06. The first-order valence-corrected chi connectivity index (χ1v) is 6.41. The molecule has 3 rings (SSSR count). The van der Waals surface area contributed by atoms with Gasteiger partial charge < -0.3 is 10.6 Å². The topological polar surface area (TPSA) is 41.1 Å². The van der Waals surface area contributed by atoms with Crippen molar-refractivity contribution in [2.75, 3.05) is 19.6 Å². The maximum absolute atomic E-state index is 12.0. The summed E-state index contributed by atoms with van der Waals surface area (Å²) in [5.41, 5.74) is 2.55. The van der Waals surface area contributed by atoms with Crippen LogP contribution in [0.2, 0.25) is 0 Å². The van der Waals surface area contributed by atoms with Gasteiger partial charge in [0, 0.05) is 6.54 Å². The molecule has 3 nitrogen and oxygen atoms in total. The van der Waals surface area contributed by atoms with Crippen LogP contribution in [0.15, 0.2) is 24.3 Å². The van der Waals surface area contributed by atoms with E-state index in [1.165, 1.54) is 17.5 Å². The molecule has 0 radical (unpaired) electrons. The molecule has 1 heterocycles. The van der Waals surface area contributed by atoms with Crippen molar-refractivity contribution in [1.29, 1.82) is 0 Å². The van der Waals surface area contributed by atoms with Gasteiger partial charge in [0.1, 0.15) is 0 Å². The van der Waals surface area contributed by atoms with Crippen LogP contribution in [-0.2, 0) is 11.2 Å². The molecule has 0 spiro atoms. The second-order valence-electron chi connectivity index (χ2n) is 5.06. The van der Waals surface area contributed by atoms with Crippen LogP contribution >= 0.6 is 12.4 Å². The second kappa shape index (κ2) is 5.72. The summed E-state index contributed by atoms with van der Waals surface area (Å²) in [4.78, 5) is 12.0. The lowest BCUT2D eigenvalue weighted by Crippen LogP contribution is -2.38. The highest BCUT2D eigenvalue weighted by Crippen LogP contribution is 2.34. The van der Waals surface area contributed by atoms with Crippen molar-refractivity contribution in [1.82, 2.24) is 10.6 Å². The lowest BCUT2D eigenvalue weighted by molar-refractivity contribution is -0.123. The smallest absolute Gasteiger partial charge is 0.227 e. The average molecular weight is 267 g/mol. The van der Waals surface area contributed by atoms with Crippen molar-refractivity contribution in [2.45, 2.75) is 18.8 Å². The zero-order chi connectivity index (χ0) is 11.7. The van der Waals surface area contributed by atoms with E-state index in [0.29, 0.717) is 5.92 Å². The molecule has 1 saturated heterocycles. The maximum Gasteiger partial charge on any atom is 0.227 e. The van der Waals surface area contributed by atoms with Crippen LogP contribution in [0.3, 0.4) is 0 Å². The molecular formula is C14H19ClN2O. The van der Waals surface area contributed by atoms with Gasteiger partial charge in [0.05, 0.1) is 5.92 Å². The predicted molar refractivity (Wildman–Crippen MR) is 74.1 cm³/mol. The van der Waals surface area contributed by atoms with Crippen molar-refractivity contribution in [3.63, 3.8) is 0 Å². The average Bonchev–Trinajstić information content (AvgIpc) is 2.81. The van der Waals surface area contributed by atoms with E-state index >= 15 is 0 Å². The Morgan fingerprint density at radius 3 is 2.94 bits per heavy atom. The summed E-state index contributed by atoms with van der Waals surface area (Å²) in [6.07, 6.45) is 2.09. The molecule has 1 amide bonds. The van der Waals surface area contributed by atoms with E-state index in [2.05, 4.69) is 22.8 Å². The molecule has 98 valence electrons. The van der Waals surface area contributed by atoms with E-state index in [1.807, 2.05) is 12.1 Å². The van der Waals surface area contributed by atoms with Crippen LogP contribution in [0.25, 0.3) is 0 Å². The Labute approximate surface area is 114 Å². The fourth-order valence-electron chi connectivity index (χ4n) is 2.75. The van der Waals surface area contributed by atoms with Crippen molar-refractivity contribution < 1.29 is 4.79 Å². The lowest BCUT2D eigenvalue weighted by atomic mass is 9.77. The number of amides is 1. The van der Waals surface area contributed by atoms with Gasteiger partial charge in [-0.2, -0.15) is 0 Å². The maximum atomic E-state index is 12.0. The van der Waals surface area contributed by atoms with Gasteiger partial charge in [-0.1, -0.05) is 24.3 Å². The van der Waals surface area contributed by atoms with E-state index < -0.39 is 0 Å². The molecule has 2 atom stereocenters. The SMILES string of the molecule is Cl.O=C(NCC1CCNC1)C1Cc2ccccc21. The minimum absolute atomic E-state index is 0. The van der Waals surface area contributed by atoms with Gasteiger partial charge >= 0.3 is 0 Å². The first-order valence-electron chi connectivity index (χ1n) is 6.41. The van der Waals surface area contributed by atoms with Gasteiger partial charge in [0.15, 0.2) is 0 Å². The zero-order valence-electron chi connectivity index (χ0n) is 10.3. The molecule has 4 heteroatoms. The van der Waals surface area contributed by atoms with Gasteiger partial charge in [-0.3, -0.25) is 4.79 Å². The number of fused-ring (bicyclic) bond motifs is 1. The van der Waals surface area contributed by atoms with Crippen LogP contribution in [0.4, 0.5) is 0 Å². The first kappa shape index (κ1) is 13.4. The zero-order valence-corrected chi connectivity index (χ0v) is 11.1. The molecule has 0 saturated carbocycles. The number of hydrogen-bond donors (Lipinski definition) is 2. The Morgan fingerprint density at radius 1 is 1.39 bits per heavy atom. The molecule has 1 fully saturated rings. The number of benzene rings is 1. The van der Waals surface area contributed by atoms with E-state index in [1.54, 1.807) is 0 Å². The molecular weight excluding hydrogens is 248 g/mol. The monoisotopic (exact) mass is 266 g/mol. The molecule has 0 aromatic heterocycles. The van der Waals surface area contributed by atoms with Gasteiger partial charge in [-0.05, 0) is 43.0 Å². The first-order chi connectivity index (χ1) is 8.34. The molecule has 18 heavy (non-hydrogen) atoms. The van der Waals surface area contributed by atoms with E-state index in [0.717, 1.165) is 26.1 Å². The van der Waals surface area contributed by atoms with Crippen LogP contribution in [0, 0.1) is 5.92 Å². The third-order valence-electron chi connectivity index (χ3n) is 3.90. The number of nitrogens with one attached hydrogen (secondary N) is 2. The summed E-state index contributed by atoms with van der Waals surface area (Å²) in [6, 6.07) is 8.23. The lowest BCUT2D eigenvalue weighted by Gasteiger charge is -2.29. The summed E-state index contributed by atoms with van der Waals surface area (Å²) in [5, 5.41) is 6.41. The third-order valence-corrected chi connectivity index (χ3v) is 3.90. The molecule has 0 bridgehead atoms. The highest BCUT2D eigenvalue weighted by Gasteiger charge is 2.31. The van der Waals surface area contributed by atoms with Crippen LogP contribution in [0.1, 0.15) is 23.5 Å². The van der Waals surface area contributed by atoms with Crippen molar-refractivity contribution in [3.05, 3.63) is 35.4 Å². The van der Waals surface area contributed by atoms with Crippen molar-refractivity contribution in [3.8, 4) is 0 Å². The van der Waals surface area contributed by atoms with Crippen LogP contribution in [-0.4, -0.2) is 25.5 Å². The minimum Gasteiger partial charge on any atom is -0.355 e. The quantitative estimate of drug-likeness (QED) is 0.870. The Bertz CT molecular complexity index is 430. The fourth-order valence-corrected chi connectivity index (χ4v) is 2.75. The standard InChI is InChI=1S/C14H18N2O.ClH/c17-14(16-9-10-5-6-15-8-10)13-7-11-3-1-2-4-12(11)13;/h1-4,10,13,15H,5-9H2,(H,16,17);1H. The Morgan fingerprint density at radius 2 is 2.22 bits per heavy atom. The molecule has 1 aliphatic carbocycles. The van der Waals surface area contributed by atoms with E-state index in [4.69, 9.17) is 0 Å². The molecule has 1 aromatic carbocycles. The summed E-state index contributed by atoms with van der Waals surface area (Å²) in [7, 11) is 0. The Hall–Kier alpha value is -1.06. The Balaban J connectivity index is 0.00000120. The summed E-state index contributed by atoms with van der Waals surface area (Å²) < 4.78 is 0. The number of carbonyl (C=O) groups excluding carboxylic acids is 1. The van der Waals surface area contributed by atoms with Gasteiger partial charge in [-0.15, -0.1) is 12.4 Å². The molecule has 1 aliphatic heterocycles. The van der Waals surface area contributed by atoms with Crippen molar-refractivity contribution in [2.24, 2.45) is 5.92 Å². The highest BCUT2D eigenvalue weighted by molar-refractivity contribution is 5.86. The van der Waals surface area contributed by atoms with Crippen molar-refractivity contribution >= 4 is 18.3 Å². The van der Waals surface area contributed by atoms with Crippen LogP contribution in [0.5, 0.6) is 0 Å². The fraction of sp³-hybridized carbons (Fsp3) is 0.500. The number of halogens is 1. The number of carbonyl (C=O) groups is 1. The third kappa shape index (κ3) is 2.52. The largest absolute Gasteiger partial charge is 0.355 e. The van der Waals surface area contributed by atoms with Gasteiger partial charge in [0.25, 0.3) is 0 Å². The minimum atomic E-state index is 0. The molecule has 2 aliphatic rings. The van der Waals surface area contributed by atoms with Crippen LogP contribution < -0.4 is 10.6 Å². The molecule has 1 aromatic rings. The van der Waals surface area contributed by atoms with E-state index in [9.17, 15) is 4.79 Å². The summed E-state index contributed by atoms with van der Waals surface area (Å²) in [5.74, 6) is 0.922. The Kier molecular flexibility index (Phi) is 4.25. The summed E-state index contributed by atoms with van der Waals surface area (Å²) in [6.45, 7) is 2.96. The number of hydrogen-bond acceptors (Lipinski definition) is 2. The highest BCUT2D eigenvalue weighted by atomic mass is 35.5. The predicted octanol–water partition coefficient (Wildman–Crippen LogP) is 1.47.